The van der Waals surface area contributed by atoms with Gasteiger partial charge in [-0.2, -0.15) is 0 Å². The Balaban J connectivity index is 2.24. The highest BCUT2D eigenvalue weighted by Crippen LogP contribution is 2.47. The molecule has 15 heavy (non-hydrogen) atoms. The largest absolute Gasteiger partial charge is 0.452 e. The molecular formula is C10H11F2NO2. The number of halogens is 2. The number of amides is 1. The molecule has 2 rings (SSSR count). The highest BCUT2D eigenvalue weighted by molar-refractivity contribution is 5.91. The van der Waals surface area contributed by atoms with Gasteiger partial charge in [-0.25, -0.2) is 8.78 Å². The van der Waals surface area contributed by atoms with Gasteiger partial charge in [-0.1, -0.05) is 0 Å². The van der Waals surface area contributed by atoms with E-state index in [2.05, 4.69) is 5.32 Å². The van der Waals surface area contributed by atoms with Crippen molar-refractivity contribution in [3.05, 3.63) is 23.7 Å². The van der Waals surface area contributed by atoms with E-state index in [1.165, 1.54) is 19.2 Å². The van der Waals surface area contributed by atoms with Gasteiger partial charge in [0.1, 0.15) is 11.9 Å². The SMILES string of the molecule is CNC(=O)c1ccc(C2(F)CCC2F)o1. The first-order valence-corrected chi connectivity index (χ1v) is 4.73. The predicted octanol–water partition coefficient (Wildman–Crippen LogP) is 1.94. The molecule has 3 nitrogen and oxygen atoms in total. The van der Waals surface area contributed by atoms with Crippen molar-refractivity contribution in [1.29, 1.82) is 0 Å². The molecule has 1 heterocycles. The number of carbonyl (C=O) groups excluding carboxylic acids is 1. The Kier molecular flexibility index (Phi) is 2.25. The van der Waals surface area contributed by atoms with Crippen LogP contribution < -0.4 is 5.32 Å². The van der Waals surface area contributed by atoms with Crippen LogP contribution >= 0.6 is 0 Å². The van der Waals surface area contributed by atoms with Gasteiger partial charge in [-0.15, -0.1) is 0 Å². The van der Waals surface area contributed by atoms with Crippen molar-refractivity contribution in [2.24, 2.45) is 0 Å². The van der Waals surface area contributed by atoms with E-state index >= 15 is 0 Å². The third kappa shape index (κ3) is 1.42. The molecule has 0 aliphatic heterocycles. The molecule has 0 saturated heterocycles. The lowest BCUT2D eigenvalue weighted by molar-refractivity contribution is -0.0588. The zero-order valence-corrected chi connectivity index (χ0v) is 8.22. The Hall–Kier alpha value is -1.39. The second kappa shape index (κ2) is 3.32. The van der Waals surface area contributed by atoms with E-state index in [0.717, 1.165) is 0 Å². The van der Waals surface area contributed by atoms with E-state index in [-0.39, 0.29) is 24.4 Å². The fraction of sp³-hybridized carbons (Fsp3) is 0.500. The normalized spacial score (nSPS) is 29.7. The lowest BCUT2D eigenvalue weighted by Crippen LogP contribution is -2.41. The predicted molar refractivity (Wildman–Crippen MR) is 49.0 cm³/mol. The van der Waals surface area contributed by atoms with E-state index < -0.39 is 17.7 Å². The van der Waals surface area contributed by atoms with Crippen LogP contribution in [0.1, 0.15) is 29.2 Å². The quantitative estimate of drug-likeness (QED) is 0.819. The molecule has 1 fully saturated rings. The summed E-state index contributed by atoms with van der Waals surface area (Å²) in [7, 11) is 1.44. The lowest BCUT2D eigenvalue weighted by atomic mass is 9.78. The lowest BCUT2D eigenvalue weighted by Gasteiger charge is -2.35. The molecule has 1 aromatic heterocycles. The van der Waals surface area contributed by atoms with Gasteiger partial charge in [-0.3, -0.25) is 4.79 Å². The summed E-state index contributed by atoms with van der Waals surface area (Å²) in [6, 6.07) is 2.66. The van der Waals surface area contributed by atoms with Crippen molar-refractivity contribution in [3.63, 3.8) is 0 Å². The minimum absolute atomic E-state index is 0.00336. The van der Waals surface area contributed by atoms with Crippen LogP contribution in [0.5, 0.6) is 0 Å². The van der Waals surface area contributed by atoms with Crippen LogP contribution in [0.25, 0.3) is 0 Å². The molecule has 1 aliphatic carbocycles. The summed E-state index contributed by atoms with van der Waals surface area (Å²) in [5, 5.41) is 2.34. The summed E-state index contributed by atoms with van der Waals surface area (Å²) in [4.78, 5) is 11.1. The number of rotatable bonds is 2. The van der Waals surface area contributed by atoms with Gasteiger partial charge in [0.25, 0.3) is 5.91 Å². The molecule has 5 heteroatoms. The summed E-state index contributed by atoms with van der Waals surface area (Å²) in [6.45, 7) is 0. The summed E-state index contributed by atoms with van der Waals surface area (Å²) < 4.78 is 31.8. The van der Waals surface area contributed by atoms with Crippen LogP contribution in [0.15, 0.2) is 16.5 Å². The third-order valence-corrected chi connectivity index (χ3v) is 2.72. The Morgan fingerprint density at radius 3 is 2.87 bits per heavy atom. The number of nitrogens with one attached hydrogen (secondary N) is 1. The van der Waals surface area contributed by atoms with Crippen LogP contribution in [0.2, 0.25) is 0 Å². The molecule has 0 spiro atoms. The highest BCUT2D eigenvalue weighted by atomic mass is 19.2. The van der Waals surface area contributed by atoms with Gasteiger partial charge in [0.2, 0.25) is 0 Å². The minimum atomic E-state index is -2.04. The second-order valence-electron chi connectivity index (χ2n) is 3.61. The minimum Gasteiger partial charge on any atom is -0.452 e. The Labute approximate surface area is 85.5 Å². The standard InChI is InChI=1S/C10H11F2NO2/c1-13-9(14)6-2-3-8(15-6)10(12)5-4-7(10)11/h2-3,7H,4-5H2,1H3,(H,13,14). The number of carbonyl (C=O) groups is 1. The molecule has 0 aromatic carbocycles. The average Bonchev–Trinajstić information content (AvgIpc) is 2.74. The summed E-state index contributed by atoms with van der Waals surface area (Å²) >= 11 is 0. The molecule has 2 atom stereocenters. The topological polar surface area (TPSA) is 42.2 Å². The molecule has 0 radical (unpaired) electrons. The molecule has 2 unspecified atom stereocenters. The van der Waals surface area contributed by atoms with Gasteiger partial charge >= 0.3 is 0 Å². The fourth-order valence-electron chi connectivity index (χ4n) is 1.59. The zero-order valence-electron chi connectivity index (χ0n) is 8.22. The Morgan fingerprint density at radius 2 is 2.40 bits per heavy atom. The van der Waals surface area contributed by atoms with Crippen LogP contribution in [0.3, 0.4) is 0 Å². The van der Waals surface area contributed by atoms with Crippen LogP contribution in [0.4, 0.5) is 8.78 Å². The molecule has 0 bridgehead atoms. The summed E-state index contributed by atoms with van der Waals surface area (Å²) in [6.07, 6.45) is -1.22. The number of hydrogen-bond acceptors (Lipinski definition) is 2. The first kappa shape index (κ1) is 10.1. The van der Waals surface area contributed by atoms with E-state index in [9.17, 15) is 13.6 Å². The Bertz CT molecular complexity index is 391. The van der Waals surface area contributed by atoms with E-state index in [0.29, 0.717) is 0 Å². The number of alkyl halides is 2. The average molecular weight is 215 g/mol. The number of hydrogen-bond donors (Lipinski definition) is 1. The first-order chi connectivity index (χ1) is 7.08. The fourth-order valence-corrected chi connectivity index (χ4v) is 1.59. The maximum absolute atomic E-state index is 13.8. The summed E-state index contributed by atoms with van der Waals surface area (Å²) in [5.74, 6) is -0.539. The molecule has 82 valence electrons. The zero-order chi connectivity index (χ0) is 11.1. The van der Waals surface area contributed by atoms with Gasteiger partial charge in [-0.05, 0) is 25.0 Å². The first-order valence-electron chi connectivity index (χ1n) is 4.73. The van der Waals surface area contributed by atoms with E-state index in [1.807, 2.05) is 0 Å². The van der Waals surface area contributed by atoms with Crippen LogP contribution in [0, 0.1) is 0 Å². The molecule has 1 saturated carbocycles. The van der Waals surface area contributed by atoms with Crippen molar-refractivity contribution in [2.45, 2.75) is 24.7 Å². The Morgan fingerprint density at radius 1 is 1.67 bits per heavy atom. The van der Waals surface area contributed by atoms with Gasteiger partial charge in [0.05, 0.1) is 0 Å². The molecular weight excluding hydrogens is 204 g/mol. The van der Waals surface area contributed by atoms with Crippen LogP contribution in [-0.4, -0.2) is 19.1 Å². The third-order valence-electron chi connectivity index (χ3n) is 2.72. The van der Waals surface area contributed by atoms with E-state index in [4.69, 9.17) is 4.42 Å². The van der Waals surface area contributed by atoms with Crippen molar-refractivity contribution in [2.75, 3.05) is 7.05 Å². The van der Waals surface area contributed by atoms with Crippen molar-refractivity contribution < 1.29 is 18.0 Å². The van der Waals surface area contributed by atoms with Gasteiger partial charge < -0.3 is 9.73 Å². The van der Waals surface area contributed by atoms with Crippen molar-refractivity contribution in [1.82, 2.24) is 5.32 Å². The monoisotopic (exact) mass is 215 g/mol. The maximum atomic E-state index is 13.8. The van der Waals surface area contributed by atoms with Crippen molar-refractivity contribution >= 4 is 5.91 Å². The van der Waals surface area contributed by atoms with Crippen LogP contribution in [-0.2, 0) is 5.67 Å². The molecule has 1 N–H and O–H groups in total. The van der Waals surface area contributed by atoms with Crippen molar-refractivity contribution in [3.8, 4) is 0 Å². The molecule has 1 aliphatic rings. The molecule has 1 amide bonds. The second-order valence-corrected chi connectivity index (χ2v) is 3.61. The van der Waals surface area contributed by atoms with Gasteiger partial charge in [0, 0.05) is 7.05 Å². The summed E-state index contributed by atoms with van der Waals surface area (Å²) in [5.41, 5.74) is -2.04. The highest BCUT2D eigenvalue weighted by Gasteiger charge is 2.52. The van der Waals surface area contributed by atoms with E-state index in [1.54, 1.807) is 0 Å². The number of furan rings is 1. The maximum Gasteiger partial charge on any atom is 0.286 e. The molecule has 1 aromatic rings. The smallest absolute Gasteiger partial charge is 0.286 e. The van der Waals surface area contributed by atoms with Gasteiger partial charge in [0.15, 0.2) is 11.4 Å².